The van der Waals surface area contributed by atoms with E-state index in [1.165, 1.54) is 11.4 Å². The Morgan fingerprint density at radius 1 is 1.47 bits per heavy atom. The summed E-state index contributed by atoms with van der Waals surface area (Å²) in [6, 6.07) is 0. The fourth-order valence-electron chi connectivity index (χ4n) is 1.33. The molecule has 0 radical (unpaired) electrons. The molecule has 0 fully saturated rings. The van der Waals surface area contributed by atoms with Crippen LogP contribution >= 0.6 is 11.3 Å². The Hall–Kier alpha value is -0.410. The predicted molar refractivity (Wildman–Crippen MR) is 67.4 cm³/mol. The van der Waals surface area contributed by atoms with Crippen molar-refractivity contribution in [2.45, 2.75) is 46.1 Å². The molecule has 3 heteroatoms. The summed E-state index contributed by atoms with van der Waals surface area (Å²) >= 11 is 1.76. The largest absolute Gasteiger partial charge is 0.312 e. The lowest BCUT2D eigenvalue weighted by Gasteiger charge is -2.23. The zero-order chi connectivity index (χ0) is 11.3. The minimum Gasteiger partial charge on any atom is -0.312 e. The van der Waals surface area contributed by atoms with Crippen LogP contribution in [0.1, 0.15) is 39.1 Å². The third-order valence-electron chi connectivity index (χ3n) is 2.32. The van der Waals surface area contributed by atoms with Crippen LogP contribution in [-0.4, -0.2) is 17.1 Å². The zero-order valence-corrected chi connectivity index (χ0v) is 11.0. The lowest BCUT2D eigenvalue weighted by Crippen LogP contribution is -2.38. The van der Waals surface area contributed by atoms with Gasteiger partial charge in [0.05, 0.1) is 5.01 Å². The van der Waals surface area contributed by atoms with Gasteiger partial charge in [-0.2, -0.15) is 0 Å². The van der Waals surface area contributed by atoms with Gasteiger partial charge >= 0.3 is 0 Å². The van der Waals surface area contributed by atoms with E-state index in [1.54, 1.807) is 11.3 Å². The maximum atomic E-state index is 4.30. The second-order valence-corrected chi connectivity index (χ2v) is 6.18. The van der Waals surface area contributed by atoms with Gasteiger partial charge in [-0.25, -0.2) is 4.98 Å². The van der Waals surface area contributed by atoms with Crippen LogP contribution in [-0.2, 0) is 6.42 Å². The number of hydrogen-bond acceptors (Lipinski definition) is 3. The molecule has 0 bridgehead atoms. The second-order valence-electron chi connectivity index (χ2n) is 5.20. The monoisotopic (exact) mass is 226 g/mol. The van der Waals surface area contributed by atoms with E-state index in [0.29, 0.717) is 5.92 Å². The quantitative estimate of drug-likeness (QED) is 0.834. The van der Waals surface area contributed by atoms with Crippen LogP contribution in [0.2, 0.25) is 0 Å². The number of aromatic nitrogens is 1. The van der Waals surface area contributed by atoms with Crippen LogP contribution < -0.4 is 5.32 Å². The first-order valence-electron chi connectivity index (χ1n) is 5.61. The summed E-state index contributed by atoms with van der Waals surface area (Å²) in [6.45, 7) is 10.0. The lowest BCUT2D eigenvalue weighted by atomic mass is 10.0. The third-order valence-corrected chi connectivity index (χ3v) is 3.15. The fourth-order valence-corrected chi connectivity index (χ4v) is 1.97. The van der Waals surface area contributed by atoms with E-state index in [4.69, 9.17) is 0 Å². The molecule has 15 heavy (non-hydrogen) atoms. The van der Waals surface area contributed by atoms with Crippen molar-refractivity contribution >= 4 is 11.3 Å². The fraction of sp³-hybridized carbons (Fsp3) is 0.750. The molecule has 0 aromatic carbocycles. The molecular weight excluding hydrogens is 204 g/mol. The van der Waals surface area contributed by atoms with E-state index in [2.05, 4.69) is 38.0 Å². The Labute approximate surface area is 97.1 Å². The topological polar surface area (TPSA) is 24.9 Å². The van der Waals surface area contributed by atoms with Crippen LogP contribution in [0, 0.1) is 5.92 Å². The highest BCUT2D eigenvalue weighted by Gasteiger charge is 2.11. The van der Waals surface area contributed by atoms with Crippen LogP contribution in [0.3, 0.4) is 0 Å². The summed E-state index contributed by atoms with van der Waals surface area (Å²) in [5.74, 6) is 0.716. The van der Waals surface area contributed by atoms with Gasteiger partial charge in [-0.1, -0.05) is 6.92 Å². The highest BCUT2D eigenvalue weighted by molar-refractivity contribution is 7.09. The first-order chi connectivity index (χ1) is 6.97. The predicted octanol–water partition coefficient (Wildman–Crippen LogP) is 3.10. The molecule has 0 amide bonds. The van der Waals surface area contributed by atoms with Crippen molar-refractivity contribution in [2.75, 3.05) is 6.54 Å². The molecule has 0 saturated carbocycles. The first kappa shape index (κ1) is 12.7. The summed E-state index contributed by atoms with van der Waals surface area (Å²) in [6.07, 6.45) is 4.22. The van der Waals surface area contributed by atoms with Gasteiger partial charge in [0.15, 0.2) is 0 Å². The minimum atomic E-state index is 0.232. The van der Waals surface area contributed by atoms with Gasteiger partial charge in [-0.15, -0.1) is 11.3 Å². The molecule has 0 spiro atoms. The molecule has 1 aromatic heterocycles. The average Bonchev–Trinajstić information content (AvgIpc) is 2.62. The van der Waals surface area contributed by atoms with E-state index < -0.39 is 0 Å². The number of nitrogens with zero attached hydrogens (tertiary/aromatic N) is 1. The zero-order valence-electron chi connectivity index (χ0n) is 10.2. The van der Waals surface area contributed by atoms with Crippen LogP contribution in [0.5, 0.6) is 0 Å². The van der Waals surface area contributed by atoms with Crippen LogP contribution in [0.15, 0.2) is 11.6 Å². The van der Waals surface area contributed by atoms with E-state index in [-0.39, 0.29) is 5.54 Å². The number of aryl methyl sites for hydroxylation is 1. The van der Waals surface area contributed by atoms with Gasteiger partial charge in [-0.05, 0) is 46.1 Å². The Kier molecular flexibility index (Phi) is 4.74. The standard InChI is InChI=1S/C12H22N2S/c1-10(9-14-12(2,3)4)5-6-11-13-7-8-15-11/h7-8,10,14H,5-6,9H2,1-4H3. The Morgan fingerprint density at radius 3 is 2.73 bits per heavy atom. The number of thiazole rings is 1. The van der Waals surface area contributed by atoms with Crippen molar-refractivity contribution in [1.29, 1.82) is 0 Å². The van der Waals surface area contributed by atoms with Crippen molar-refractivity contribution in [3.05, 3.63) is 16.6 Å². The van der Waals surface area contributed by atoms with Gasteiger partial charge in [-0.3, -0.25) is 0 Å². The molecular formula is C12H22N2S. The van der Waals surface area contributed by atoms with Crippen molar-refractivity contribution in [1.82, 2.24) is 10.3 Å². The minimum absolute atomic E-state index is 0.232. The maximum absolute atomic E-state index is 4.30. The van der Waals surface area contributed by atoms with Crippen LogP contribution in [0.4, 0.5) is 0 Å². The van der Waals surface area contributed by atoms with Gasteiger partial charge < -0.3 is 5.32 Å². The maximum Gasteiger partial charge on any atom is 0.0924 e. The Balaban J connectivity index is 2.16. The molecule has 0 saturated heterocycles. The highest BCUT2D eigenvalue weighted by atomic mass is 32.1. The molecule has 0 aliphatic heterocycles. The second kappa shape index (κ2) is 5.61. The molecule has 1 rings (SSSR count). The number of rotatable bonds is 5. The van der Waals surface area contributed by atoms with Crippen molar-refractivity contribution in [3.8, 4) is 0 Å². The lowest BCUT2D eigenvalue weighted by molar-refractivity contribution is 0.372. The molecule has 86 valence electrons. The molecule has 1 heterocycles. The Bertz CT molecular complexity index is 262. The van der Waals surface area contributed by atoms with Gasteiger partial charge in [0, 0.05) is 17.1 Å². The third kappa shape index (κ3) is 5.90. The van der Waals surface area contributed by atoms with Crippen molar-refractivity contribution in [3.63, 3.8) is 0 Å². The SMILES string of the molecule is CC(CCc1nccs1)CNC(C)(C)C. The van der Waals surface area contributed by atoms with Crippen molar-refractivity contribution < 1.29 is 0 Å². The smallest absolute Gasteiger partial charge is 0.0924 e. The van der Waals surface area contributed by atoms with Gasteiger partial charge in [0.2, 0.25) is 0 Å². The summed E-state index contributed by atoms with van der Waals surface area (Å²) in [4.78, 5) is 4.30. The molecule has 1 aromatic rings. The van der Waals surface area contributed by atoms with E-state index in [1.807, 2.05) is 11.6 Å². The Morgan fingerprint density at radius 2 is 2.20 bits per heavy atom. The molecule has 0 aliphatic carbocycles. The summed E-state index contributed by atoms with van der Waals surface area (Å²) in [5.41, 5.74) is 0.232. The highest BCUT2D eigenvalue weighted by Crippen LogP contribution is 2.12. The van der Waals surface area contributed by atoms with Gasteiger partial charge in [0.1, 0.15) is 0 Å². The number of hydrogen-bond donors (Lipinski definition) is 1. The molecule has 2 nitrogen and oxygen atoms in total. The van der Waals surface area contributed by atoms with E-state index in [9.17, 15) is 0 Å². The normalized spacial score (nSPS) is 14.1. The summed E-state index contributed by atoms with van der Waals surface area (Å²) in [7, 11) is 0. The summed E-state index contributed by atoms with van der Waals surface area (Å²) in [5, 5.41) is 6.85. The van der Waals surface area contributed by atoms with Crippen LogP contribution in [0.25, 0.3) is 0 Å². The van der Waals surface area contributed by atoms with E-state index in [0.717, 1.165) is 13.0 Å². The molecule has 1 N–H and O–H groups in total. The van der Waals surface area contributed by atoms with E-state index >= 15 is 0 Å². The first-order valence-corrected chi connectivity index (χ1v) is 6.49. The molecule has 1 atom stereocenters. The van der Waals surface area contributed by atoms with Crippen molar-refractivity contribution in [2.24, 2.45) is 5.92 Å². The summed E-state index contributed by atoms with van der Waals surface area (Å²) < 4.78 is 0. The van der Waals surface area contributed by atoms with Gasteiger partial charge in [0.25, 0.3) is 0 Å². The number of nitrogens with one attached hydrogen (secondary N) is 1. The molecule has 0 aliphatic rings. The molecule has 1 unspecified atom stereocenters. The average molecular weight is 226 g/mol.